The number of carbonyl (C=O) groups excluding carboxylic acids is 1. The monoisotopic (exact) mass is 542 g/mol. The number of methoxy groups -OCH3 is 1. The Morgan fingerprint density at radius 1 is 0.971 bits per heavy atom. The van der Waals surface area contributed by atoms with Crippen molar-refractivity contribution in [3.63, 3.8) is 0 Å². The van der Waals surface area contributed by atoms with Crippen LogP contribution >= 0.6 is 15.9 Å². The van der Waals surface area contributed by atoms with E-state index in [9.17, 15) is 4.79 Å². The fourth-order valence-corrected chi connectivity index (χ4v) is 5.22. The first-order chi connectivity index (χ1) is 17.0. The van der Waals surface area contributed by atoms with Crippen molar-refractivity contribution in [1.29, 1.82) is 0 Å². The zero-order chi connectivity index (χ0) is 25.2. The Morgan fingerprint density at radius 2 is 1.69 bits per heavy atom. The second-order valence-corrected chi connectivity index (χ2v) is 9.69. The van der Waals surface area contributed by atoms with Gasteiger partial charge >= 0.3 is 0 Å². The lowest BCUT2D eigenvalue weighted by atomic mass is 10.0. The molecule has 0 fully saturated rings. The van der Waals surface area contributed by atoms with Crippen molar-refractivity contribution in [3.05, 3.63) is 63.9 Å². The molecule has 2 aromatic heterocycles. The fourth-order valence-electron chi connectivity index (χ4n) is 4.42. The maximum absolute atomic E-state index is 13.6. The van der Waals surface area contributed by atoms with E-state index in [0.717, 1.165) is 48.0 Å². The van der Waals surface area contributed by atoms with Crippen molar-refractivity contribution in [2.45, 2.75) is 59.3 Å². The molecule has 0 aliphatic heterocycles. The molecule has 0 radical (unpaired) electrons. The maximum Gasteiger partial charge on any atom is 0.210 e. The van der Waals surface area contributed by atoms with Gasteiger partial charge in [-0.2, -0.15) is 0 Å². The average Bonchev–Trinajstić information content (AvgIpc) is 3.18. The van der Waals surface area contributed by atoms with Gasteiger partial charge in [0.05, 0.1) is 24.9 Å². The van der Waals surface area contributed by atoms with Crippen LogP contribution in [0.25, 0.3) is 5.52 Å². The molecule has 0 saturated carbocycles. The molecule has 1 aromatic carbocycles. The van der Waals surface area contributed by atoms with Crippen molar-refractivity contribution in [2.75, 3.05) is 33.4 Å². The van der Waals surface area contributed by atoms with Crippen molar-refractivity contribution in [2.24, 2.45) is 0 Å². The van der Waals surface area contributed by atoms with Gasteiger partial charge in [-0.3, -0.25) is 4.79 Å². The molecule has 0 bridgehead atoms. The SMILES string of the molecule is CCCCN(CCCC)CCCOc1ccc(C(=O)c2c(CC)c(Br)c3ccccn23)cc1OC. The summed E-state index contributed by atoms with van der Waals surface area (Å²) in [6.07, 6.45) is 8.57. The van der Waals surface area contributed by atoms with Crippen LogP contribution in [0.15, 0.2) is 47.1 Å². The predicted molar refractivity (Wildman–Crippen MR) is 147 cm³/mol. The summed E-state index contributed by atoms with van der Waals surface area (Å²) in [5.41, 5.74) is 3.28. The largest absolute Gasteiger partial charge is 0.493 e. The van der Waals surface area contributed by atoms with Crippen molar-refractivity contribution in [3.8, 4) is 11.5 Å². The number of hydrogen-bond acceptors (Lipinski definition) is 4. The zero-order valence-electron chi connectivity index (χ0n) is 21.6. The van der Waals surface area contributed by atoms with Crippen LogP contribution in [0.5, 0.6) is 11.5 Å². The number of benzene rings is 1. The Hall–Kier alpha value is -2.31. The highest BCUT2D eigenvalue weighted by atomic mass is 79.9. The van der Waals surface area contributed by atoms with E-state index in [0.29, 0.717) is 29.4 Å². The number of carbonyl (C=O) groups is 1. The van der Waals surface area contributed by atoms with E-state index in [2.05, 4.69) is 41.6 Å². The molecule has 2 heterocycles. The molecule has 3 aromatic rings. The van der Waals surface area contributed by atoms with Gasteiger partial charge in [-0.25, -0.2) is 0 Å². The van der Waals surface area contributed by atoms with Crippen LogP contribution in [-0.2, 0) is 6.42 Å². The molecule has 3 rings (SSSR count). The van der Waals surface area contributed by atoms with Gasteiger partial charge in [0.25, 0.3) is 0 Å². The second kappa shape index (κ2) is 13.7. The van der Waals surface area contributed by atoms with Gasteiger partial charge in [0, 0.05) is 22.8 Å². The summed E-state index contributed by atoms with van der Waals surface area (Å²) < 4.78 is 14.6. The third-order valence-electron chi connectivity index (χ3n) is 6.40. The summed E-state index contributed by atoms with van der Waals surface area (Å²) in [6, 6.07) is 11.4. The smallest absolute Gasteiger partial charge is 0.210 e. The van der Waals surface area contributed by atoms with Gasteiger partial charge in [-0.15, -0.1) is 0 Å². The molecular formula is C29H39BrN2O3. The minimum atomic E-state index is -0.0268. The molecule has 6 heteroatoms. The number of ether oxygens (including phenoxy) is 2. The zero-order valence-corrected chi connectivity index (χ0v) is 23.2. The fraction of sp³-hybridized carbons (Fsp3) is 0.483. The van der Waals surface area contributed by atoms with E-state index in [1.54, 1.807) is 13.2 Å². The third-order valence-corrected chi connectivity index (χ3v) is 7.29. The molecule has 0 atom stereocenters. The lowest BCUT2D eigenvalue weighted by molar-refractivity contribution is 0.103. The van der Waals surface area contributed by atoms with E-state index in [4.69, 9.17) is 9.47 Å². The molecule has 0 amide bonds. The van der Waals surface area contributed by atoms with E-state index >= 15 is 0 Å². The molecule has 35 heavy (non-hydrogen) atoms. The van der Waals surface area contributed by atoms with Gasteiger partial charge in [-0.1, -0.05) is 39.7 Å². The van der Waals surface area contributed by atoms with E-state index in [-0.39, 0.29) is 5.78 Å². The Kier molecular flexibility index (Phi) is 10.7. The van der Waals surface area contributed by atoms with Crippen molar-refractivity contribution >= 4 is 27.2 Å². The third kappa shape index (κ3) is 6.68. The Bertz CT molecular complexity index is 1100. The number of hydrogen-bond donors (Lipinski definition) is 0. The van der Waals surface area contributed by atoms with Crippen LogP contribution in [-0.4, -0.2) is 48.4 Å². The lowest BCUT2D eigenvalue weighted by Gasteiger charge is -2.22. The number of halogens is 1. The van der Waals surface area contributed by atoms with Gasteiger partial charge in [0.2, 0.25) is 5.78 Å². The Balaban J connectivity index is 1.71. The number of fused-ring (bicyclic) bond motifs is 1. The number of nitrogens with zero attached hydrogens (tertiary/aromatic N) is 2. The van der Waals surface area contributed by atoms with Crippen LogP contribution < -0.4 is 9.47 Å². The first kappa shape index (κ1) is 27.3. The maximum atomic E-state index is 13.6. The highest BCUT2D eigenvalue weighted by Gasteiger charge is 2.23. The van der Waals surface area contributed by atoms with Crippen LogP contribution in [0.2, 0.25) is 0 Å². The normalized spacial score (nSPS) is 11.4. The van der Waals surface area contributed by atoms with E-state index in [1.807, 2.05) is 40.9 Å². The summed E-state index contributed by atoms with van der Waals surface area (Å²) in [4.78, 5) is 16.1. The van der Waals surface area contributed by atoms with Gasteiger partial charge in [0.15, 0.2) is 11.5 Å². The van der Waals surface area contributed by atoms with Crippen molar-refractivity contribution < 1.29 is 14.3 Å². The standard InChI is InChI=1S/C29H39BrN2O3/c1-5-8-16-31(17-9-6-2)18-12-20-35-25-15-14-22(21-26(25)34-4)29(33)28-23(7-3)27(30)24-13-10-11-19-32(24)28/h10-11,13-15,19,21H,5-9,12,16-18,20H2,1-4H3. The molecule has 0 saturated heterocycles. The molecule has 5 nitrogen and oxygen atoms in total. The number of rotatable bonds is 15. The van der Waals surface area contributed by atoms with Crippen molar-refractivity contribution in [1.82, 2.24) is 9.30 Å². The average molecular weight is 544 g/mol. The van der Waals surface area contributed by atoms with Crippen LogP contribution in [0.1, 0.15) is 74.5 Å². The van der Waals surface area contributed by atoms with Gasteiger partial charge < -0.3 is 18.8 Å². The minimum Gasteiger partial charge on any atom is -0.493 e. The highest BCUT2D eigenvalue weighted by Crippen LogP contribution is 2.33. The first-order valence-electron chi connectivity index (χ1n) is 12.9. The van der Waals surface area contributed by atoms with Gasteiger partial charge in [0.1, 0.15) is 0 Å². The quantitative estimate of drug-likeness (QED) is 0.151. The number of ketones is 1. The summed E-state index contributed by atoms with van der Waals surface area (Å²) >= 11 is 3.70. The molecule has 0 N–H and O–H groups in total. The number of unbranched alkanes of at least 4 members (excludes halogenated alkanes) is 2. The molecular weight excluding hydrogens is 504 g/mol. The van der Waals surface area contributed by atoms with Gasteiger partial charge in [-0.05, 0) is 90.6 Å². The summed E-state index contributed by atoms with van der Waals surface area (Å²) in [5.74, 6) is 1.23. The van der Waals surface area contributed by atoms with E-state index < -0.39 is 0 Å². The van der Waals surface area contributed by atoms with Crippen LogP contribution in [0, 0.1) is 0 Å². The van der Waals surface area contributed by atoms with E-state index in [1.165, 1.54) is 25.7 Å². The second-order valence-electron chi connectivity index (χ2n) is 8.90. The topological polar surface area (TPSA) is 43.2 Å². The molecule has 0 spiro atoms. The first-order valence-corrected chi connectivity index (χ1v) is 13.7. The van der Waals surface area contributed by atoms with Crippen LogP contribution in [0.3, 0.4) is 0 Å². The Morgan fingerprint density at radius 3 is 2.34 bits per heavy atom. The highest BCUT2D eigenvalue weighted by molar-refractivity contribution is 9.10. The minimum absolute atomic E-state index is 0.0268. The summed E-state index contributed by atoms with van der Waals surface area (Å²) in [5, 5.41) is 0. The predicted octanol–water partition coefficient (Wildman–Crippen LogP) is 7.17. The van der Waals surface area contributed by atoms with Crippen LogP contribution in [0.4, 0.5) is 0 Å². The molecule has 190 valence electrons. The summed E-state index contributed by atoms with van der Waals surface area (Å²) in [6.45, 7) is 10.5. The molecule has 0 aliphatic carbocycles. The molecule has 0 unspecified atom stereocenters. The Labute approximate surface area is 218 Å². The number of aromatic nitrogens is 1. The lowest BCUT2D eigenvalue weighted by Crippen LogP contribution is -2.28. The number of pyridine rings is 1. The summed E-state index contributed by atoms with van der Waals surface area (Å²) in [7, 11) is 1.62. The molecule has 0 aliphatic rings.